The van der Waals surface area contributed by atoms with E-state index in [1.54, 1.807) is 25.1 Å². The van der Waals surface area contributed by atoms with Gasteiger partial charge in [-0.1, -0.05) is 11.6 Å². The largest absolute Gasteiger partial charge is 0.386 e. The van der Waals surface area contributed by atoms with Crippen LogP contribution in [0.2, 0.25) is 4.34 Å². The van der Waals surface area contributed by atoms with E-state index in [0.717, 1.165) is 0 Å². The lowest BCUT2D eigenvalue weighted by molar-refractivity contribution is 0.0916. The Kier molecular flexibility index (Phi) is 4.59. The number of aryl methyl sites for hydroxylation is 1. The van der Waals surface area contributed by atoms with Gasteiger partial charge in [0.05, 0.1) is 4.34 Å². The van der Waals surface area contributed by atoms with Crippen LogP contribution >= 0.6 is 22.9 Å². The molecule has 2 heterocycles. The smallest absolute Gasteiger partial charge is 0.260 e. The second kappa shape index (κ2) is 6.21. The van der Waals surface area contributed by atoms with Crippen molar-refractivity contribution >= 4 is 28.8 Å². The zero-order chi connectivity index (χ0) is 14.7. The van der Waals surface area contributed by atoms with Crippen molar-refractivity contribution in [2.45, 2.75) is 13.0 Å². The Morgan fingerprint density at radius 2 is 2.20 bits per heavy atom. The fraction of sp³-hybridized carbons (Fsp3) is 0.231. The average molecular weight is 313 g/mol. The van der Waals surface area contributed by atoms with Crippen LogP contribution in [0.5, 0.6) is 0 Å². The Morgan fingerprint density at radius 1 is 1.45 bits per heavy atom. The molecular weight excluding hydrogens is 300 g/mol. The molecule has 2 rings (SSSR count). The van der Waals surface area contributed by atoms with E-state index in [9.17, 15) is 14.7 Å². The van der Waals surface area contributed by atoms with Crippen LogP contribution in [0, 0.1) is 6.92 Å². The van der Waals surface area contributed by atoms with Gasteiger partial charge in [-0.25, -0.2) is 0 Å². The third kappa shape index (κ3) is 3.47. The summed E-state index contributed by atoms with van der Waals surface area (Å²) in [5.41, 5.74) is 0.253. The molecule has 20 heavy (non-hydrogen) atoms. The number of hydrogen-bond donors (Lipinski definition) is 3. The van der Waals surface area contributed by atoms with E-state index in [0.29, 0.717) is 14.9 Å². The van der Waals surface area contributed by atoms with Crippen LogP contribution < -0.4 is 10.9 Å². The van der Waals surface area contributed by atoms with E-state index in [1.165, 1.54) is 17.4 Å². The molecule has 0 fully saturated rings. The number of amides is 1. The van der Waals surface area contributed by atoms with Gasteiger partial charge in [0, 0.05) is 17.1 Å². The first-order chi connectivity index (χ1) is 9.47. The van der Waals surface area contributed by atoms with Gasteiger partial charge < -0.3 is 15.4 Å². The number of carbonyl (C=O) groups excluding carboxylic acids is 1. The van der Waals surface area contributed by atoms with Crippen LogP contribution in [0.25, 0.3) is 0 Å². The lowest BCUT2D eigenvalue weighted by Crippen LogP contribution is -2.32. The molecule has 0 saturated heterocycles. The highest BCUT2D eigenvalue weighted by atomic mass is 35.5. The van der Waals surface area contributed by atoms with Crippen molar-refractivity contribution in [2.24, 2.45) is 0 Å². The van der Waals surface area contributed by atoms with Gasteiger partial charge in [0.2, 0.25) is 0 Å². The van der Waals surface area contributed by atoms with Gasteiger partial charge in [0.25, 0.3) is 11.5 Å². The summed E-state index contributed by atoms with van der Waals surface area (Å²) >= 11 is 7.02. The van der Waals surface area contributed by atoms with E-state index in [-0.39, 0.29) is 12.1 Å². The fourth-order valence-corrected chi connectivity index (χ4v) is 2.69. The first kappa shape index (κ1) is 14.8. The van der Waals surface area contributed by atoms with Gasteiger partial charge in [-0.15, -0.1) is 11.3 Å². The summed E-state index contributed by atoms with van der Waals surface area (Å²) in [5, 5.41) is 12.4. The first-order valence-corrected chi connectivity index (χ1v) is 7.08. The van der Waals surface area contributed by atoms with E-state index < -0.39 is 17.6 Å². The van der Waals surface area contributed by atoms with Crippen molar-refractivity contribution < 1.29 is 9.90 Å². The number of halogens is 1. The van der Waals surface area contributed by atoms with Crippen LogP contribution in [0.1, 0.15) is 27.0 Å². The van der Waals surface area contributed by atoms with Gasteiger partial charge in [0.15, 0.2) is 0 Å². The molecule has 1 amide bonds. The molecule has 106 valence electrons. The number of aliphatic hydroxyl groups excluding tert-OH is 1. The lowest BCUT2D eigenvalue weighted by Gasteiger charge is -2.10. The molecule has 3 N–H and O–H groups in total. The molecule has 2 aromatic rings. The Morgan fingerprint density at radius 3 is 2.80 bits per heavy atom. The maximum Gasteiger partial charge on any atom is 0.260 e. The van der Waals surface area contributed by atoms with Crippen LogP contribution in [-0.4, -0.2) is 22.5 Å². The number of aromatic nitrogens is 1. The molecule has 0 aliphatic carbocycles. The Balaban J connectivity index is 2.00. The Bertz CT molecular complexity index is 680. The number of pyridine rings is 1. The van der Waals surface area contributed by atoms with Crippen molar-refractivity contribution in [1.29, 1.82) is 0 Å². The number of nitrogens with one attached hydrogen (secondary N) is 2. The maximum absolute atomic E-state index is 11.9. The van der Waals surface area contributed by atoms with E-state index in [2.05, 4.69) is 10.3 Å². The molecule has 0 saturated carbocycles. The van der Waals surface area contributed by atoms with Crippen molar-refractivity contribution in [1.82, 2.24) is 10.3 Å². The van der Waals surface area contributed by atoms with Crippen molar-refractivity contribution in [2.75, 3.05) is 6.54 Å². The minimum atomic E-state index is -0.846. The summed E-state index contributed by atoms with van der Waals surface area (Å²) in [6.45, 7) is 1.75. The van der Waals surface area contributed by atoms with E-state index in [1.807, 2.05) is 0 Å². The first-order valence-electron chi connectivity index (χ1n) is 5.89. The van der Waals surface area contributed by atoms with Crippen LogP contribution in [-0.2, 0) is 0 Å². The quantitative estimate of drug-likeness (QED) is 0.806. The second-order valence-corrected chi connectivity index (χ2v) is 6.00. The van der Waals surface area contributed by atoms with E-state index >= 15 is 0 Å². The topological polar surface area (TPSA) is 82.2 Å². The zero-order valence-electron chi connectivity index (χ0n) is 10.6. The van der Waals surface area contributed by atoms with E-state index in [4.69, 9.17) is 11.6 Å². The lowest BCUT2D eigenvalue weighted by atomic mass is 10.2. The average Bonchev–Trinajstić information content (AvgIpc) is 2.82. The molecule has 0 unspecified atom stereocenters. The summed E-state index contributed by atoms with van der Waals surface area (Å²) in [7, 11) is 0. The van der Waals surface area contributed by atoms with Crippen LogP contribution in [0.4, 0.5) is 0 Å². The summed E-state index contributed by atoms with van der Waals surface area (Å²) in [6, 6.07) is 6.48. The van der Waals surface area contributed by atoms with Crippen LogP contribution in [0.15, 0.2) is 29.1 Å². The number of aliphatic hydroxyl groups is 1. The van der Waals surface area contributed by atoms with Crippen molar-refractivity contribution in [3.8, 4) is 0 Å². The molecule has 5 nitrogen and oxygen atoms in total. The molecule has 0 aromatic carbocycles. The highest BCUT2D eigenvalue weighted by molar-refractivity contribution is 7.16. The highest BCUT2D eigenvalue weighted by Gasteiger charge is 2.14. The minimum absolute atomic E-state index is 0.0169. The predicted octanol–water partition coefficient (Wildman–Crippen LogP) is 1.86. The number of aromatic amines is 1. The monoisotopic (exact) mass is 312 g/mol. The minimum Gasteiger partial charge on any atom is -0.386 e. The van der Waals surface area contributed by atoms with Gasteiger partial charge in [-0.05, 0) is 31.2 Å². The summed E-state index contributed by atoms with van der Waals surface area (Å²) in [6.07, 6.45) is -0.846. The maximum atomic E-state index is 11.9. The van der Waals surface area contributed by atoms with Crippen molar-refractivity contribution in [3.05, 3.63) is 55.1 Å². The number of hydrogen-bond acceptors (Lipinski definition) is 4. The molecule has 7 heteroatoms. The fourth-order valence-electron chi connectivity index (χ4n) is 1.64. The highest BCUT2D eigenvalue weighted by Crippen LogP contribution is 2.26. The molecule has 1 atom stereocenters. The molecule has 0 spiro atoms. The Hall–Kier alpha value is -1.63. The number of thiophene rings is 1. The van der Waals surface area contributed by atoms with Crippen molar-refractivity contribution in [3.63, 3.8) is 0 Å². The summed E-state index contributed by atoms with van der Waals surface area (Å²) in [5.74, 6) is -0.520. The molecule has 0 aliphatic rings. The van der Waals surface area contributed by atoms with Gasteiger partial charge >= 0.3 is 0 Å². The number of rotatable bonds is 4. The summed E-state index contributed by atoms with van der Waals surface area (Å²) in [4.78, 5) is 26.7. The zero-order valence-corrected chi connectivity index (χ0v) is 12.2. The third-order valence-corrected chi connectivity index (χ3v) is 4.01. The number of carbonyl (C=O) groups is 1. The van der Waals surface area contributed by atoms with Gasteiger partial charge in [0.1, 0.15) is 11.7 Å². The van der Waals surface area contributed by atoms with Gasteiger partial charge in [-0.3, -0.25) is 9.59 Å². The summed E-state index contributed by atoms with van der Waals surface area (Å²) < 4.78 is 0.570. The van der Waals surface area contributed by atoms with Crippen LogP contribution in [0.3, 0.4) is 0 Å². The molecule has 2 aromatic heterocycles. The predicted molar refractivity (Wildman–Crippen MR) is 78.4 cm³/mol. The number of H-pyrrole nitrogens is 1. The second-order valence-electron chi connectivity index (χ2n) is 4.25. The Labute approximate surface area is 124 Å². The molecule has 0 radical (unpaired) electrons. The normalized spacial score (nSPS) is 12.2. The standard InChI is InChI=1S/C13H13ClN2O3S/c1-7-2-3-8(13(19)16-7)12(18)15-6-9(17)10-4-5-11(14)20-10/h2-5,9,17H,6H2,1H3,(H,15,18)(H,16,19)/t9-/m1/s1. The SMILES string of the molecule is Cc1ccc(C(=O)NC[C@@H](O)c2ccc(Cl)s2)c(=O)[nH]1. The molecule has 0 bridgehead atoms. The van der Waals surface area contributed by atoms with Gasteiger partial charge in [-0.2, -0.15) is 0 Å². The molecule has 0 aliphatic heterocycles. The third-order valence-electron chi connectivity index (χ3n) is 2.68. The molecular formula is C13H13ClN2O3S.